The molecule has 5 nitrogen and oxygen atoms in total. The van der Waals surface area contributed by atoms with Crippen LogP contribution in [0.2, 0.25) is 0 Å². The second-order valence-corrected chi connectivity index (χ2v) is 3.34. The molecule has 1 aliphatic rings. The van der Waals surface area contributed by atoms with Gasteiger partial charge in [-0.15, -0.1) is 10.2 Å². The molecule has 1 aromatic rings. The first-order valence-corrected chi connectivity index (χ1v) is 4.32. The van der Waals surface area contributed by atoms with Gasteiger partial charge in [-0.2, -0.15) is 5.21 Å². The summed E-state index contributed by atoms with van der Waals surface area (Å²) in [5.41, 5.74) is 0. The van der Waals surface area contributed by atoms with Gasteiger partial charge in [0.15, 0.2) is 5.82 Å². The molecule has 0 aliphatic heterocycles. The minimum absolute atomic E-state index is 0.587. The molecular weight excluding hydrogens is 154 g/mol. The Labute approximate surface area is 70.9 Å². The van der Waals surface area contributed by atoms with Crippen LogP contribution < -0.4 is 5.32 Å². The highest BCUT2D eigenvalue weighted by Gasteiger charge is 2.27. The second-order valence-electron chi connectivity index (χ2n) is 3.34. The molecule has 5 heteroatoms. The number of H-pyrrole nitrogens is 1. The maximum absolute atomic E-state index is 3.86. The van der Waals surface area contributed by atoms with Crippen molar-refractivity contribution in [1.82, 2.24) is 25.9 Å². The fourth-order valence-electron chi connectivity index (χ4n) is 1.27. The SMILES string of the molecule is CC(NCc1nn[nH]n1)C1CC1. The lowest BCUT2D eigenvalue weighted by Gasteiger charge is -2.09. The summed E-state index contributed by atoms with van der Waals surface area (Å²) < 4.78 is 0. The Bertz CT molecular complexity index is 228. The van der Waals surface area contributed by atoms with Crippen LogP contribution in [0, 0.1) is 5.92 Å². The monoisotopic (exact) mass is 167 g/mol. The van der Waals surface area contributed by atoms with Crippen LogP contribution in [0.3, 0.4) is 0 Å². The molecule has 2 rings (SSSR count). The Morgan fingerprint density at radius 1 is 1.67 bits per heavy atom. The van der Waals surface area contributed by atoms with Crippen LogP contribution >= 0.6 is 0 Å². The summed E-state index contributed by atoms with van der Waals surface area (Å²) in [6.07, 6.45) is 2.72. The first kappa shape index (κ1) is 7.67. The molecule has 1 fully saturated rings. The van der Waals surface area contributed by atoms with E-state index in [1.807, 2.05) is 0 Å². The van der Waals surface area contributed by atoms with Gasteiger partial charge in [0.05, 0.1) is 6.54 Å². The van der Waals surface area contributed by atoms with Gasteiger partial charge >= 0.3 is 0 Å². The van der Waals surface area contributed by atoms with E-state index in [9.17, 15) is 0 Å². The Kier molecular flexibility index (Phi) is 2.03. The van der Waals surface area contributed by atoms with E-state index in [2.05, 4.69) is 32.9 Å². The lowest BCUT2D eigenvalue weighted by Crippen LogP contribution is -2.27. The van der Waals surface area contributed by atoms with Crippen LogP contribution in [0.4, 0.5) is 0 Å². The molecule has 1 unspecified atom stereocenters. The van der Waals surface area contributed by atoms with Crippen molar-refractivity contribution in [2.75, 3.05) is 0 Å². The minimum atomic E-state index is 0.587. The molecule has 1 aromatic heterocycles. The number of hydrogen-bond donors (Lipinski definition) is 2. The highest BCUT2D eigenvalue weighted by atomic mass is 15.5. The number of hydrogen-bond acceptors (Lipinski definition) is 4. The first-order valence-electron chi connectivity index (χ1n) is 4.32. The first-order chi connectivity index (χ1) is 5.86. The van der Waals surface area contributed by atoms with Crippen molar-refractivity contribution < 1.29 is 0 Å². The van der Waals surface area contributed by atoms with Gasteiger partial charge in [0.25, 0.3) is 0 Å². The predicted octanol–water partition coefficient (Wildman–Crippen LogP) is 0.0878. The van der Waals surface area contributed by atoms with Crippen molar-refractivity contribution in [2.45, 2.75) is 32.4 Å². The number of rotatable bonds is 4. The van der Waals surface area contributed by atoms with Gasteiger partial charge in [-0.1, -0.05) is 5.21 Å². The van der Waals surface area contributed by atoms with E-state index < -0.39 is 0 Å². The molecule has 0 aromatic carbocycles. The van der Waals surface area contributed by atoms with E-state index in [0.29, 0.717) is 12.6 Å². The molecule has 2 N–H and O–H groups in total. The summed E-state index contributed by atoms with van der Waals surface area (Å²) in [6.45, 7) is 2.92. The zero-order valence-electron chi connectivity index (χ0n) is 7.12. The Balaban J connectivity index is 1.74. The molecule has 1 atom stereocenters. The molecule has 0 saturated heterocycles. The van der Waals surface area contributed by atoms with Gasteiger partial charge in [0.1, 0.15) is 0 Å². The van der Waals surface area contributed by atoms with Gasteiger partial charge in [-0.3, -0.25) is 0 Å². The van der Waals surface area contributed by atoms with E-state index in [-0.39, 0.29) is 0 Å². The Morgan fingerprint density at radius 3 is 3.08 bits per heavy atom. The third kappa shape index (κ3) is 1.79. The van der Waals surface area contributed by atoms with Crippen molar-refractivity contribution >= 4 is 0 Å². The average molecular weight is 167 g/mol. The Hall–Kier alpha value is -0.970. The highest BCUT2D eigenvalue weighted by Crippen LogP contribution is 2.32. The van der Waals surface area contributed by atoms with Crippen molar-refractivity contribution in [3.05, 3.63) is 5.82 Å². The van der Waals surface area contributed by atoms with E-state index in [1.54, 1.807) is 0 Å². The lowest BCUT2D eigenvalue weighted by atomic mass is 10.2. The number of nitrogens with one attached hydrogen (secondary N) is 2. The van der Waals surface area contributed by atoms with Gasteiger partial charge in [0, 0.05) is 6.04 Å². The summed E-state index contributed by atoms with van der Waals surface area (Å²) in [7, 11) is 0. The number of tetrazole rings is 1. The number of aromatic amines is 1. The standard InChI is InChI=1S/C7H13N5/c1-5(6-2-3-6)8-4-7-9-11-12-10-7/h5-6,8H,2-4H2,1H3,(H,9,10,11,12). The Morgan fingerprint density at radius 2 is 2.50 bits per heavy atom. The average Bonchev–Trinajstić information content (AvgIpc) is 2.80. The molecule has 0 amide bonds. The van der Waals surface area contributed by atoms with Crippen LogP contribution in [-0.4, -0.2) is 26.7 Å². The summed E-state index contributed by atoms with van der Waals surface area (Å²) in [5, 5.41) is 17.0. The van der Waals surface area contributed by atoms with Crippen molar-refractivity contribution in [2.24, 2.45) is 5.92 Å². The van der Waals surface area contributed by atoms with E-state index in [0.717, 1.165) is 11.7 Å². The number of nitrogens with zero attached hydrogens (tertiary/aromatic N) is 3. The molecule has 0 radical (unpaired) electrons. The fraction of sp³-hybridized carbons (Fsp3) is 0.857. The summed E-state index contributed by atoms with van der Waals surface area (Å²) in [4.78, 5) is 0. The van der Waals surface area contributed by atoms with Gasteiger partial charge in [0.2, 0.25) is 0 Å². The van der Waals surface area contributed by atoms with E-state index >= 15 is 0 Å². The molecule has 0 spiro atoms. The normalized spacial score (nSPS) is 19.4. The summed E-state index contributed by atoms with van der Waals surface area (Å²) >= 11 is 0. The van der Waals surface area contributed by atoms with Crippen LogP contribution in [-0.2, 0) is 6.54 Å². The smallest absolute Gasteiger partial charge is 0.188 e. The van der Waals surface area contributed by atoms with Crippen LogP contribution in [0.15, 0.2) is 0 Å². The maximum atomic E-state index is 3.86. The van der Waals surface area contributed by atoms with Crippen LogP contribution in [0.5, 0.6) is 0 Å². The third-order valence-corrected chi connectivity index (χ3v) is 2.30. The lowest BCUT2D eigenvalue weighted by molar-refractivity contribution is 0.487. The quantitative estimate of drug-likeness (QED) is 0.667. The summed E-state index contributed by atoms with van der Waals surface area (Å²) in [6, 6.07) is 0.587. The minimum Gasteiger partial charge on any atom is -0.307 e. The predicted molar refractivity (Wildman–Crippen MR) is 43.2 cm³/mol. The van der Waals surface area contributed by atoms with Crippen LogP contribution in [0.25, 0.3) is 0 Å². The molecular formula is C7H13N5. The van der Waals surface area contributed by atoms with Gasteiger partial charge in [-0.05, 0) is 25.7 Å². The molecule has 0 bridgehead atoms. The van der Waals surface area contributed by atoms with E-state index in [4.69, 9.17) is 0 Å². The largest absolute Gasteiger partial charge is 0.307 e. The topological polar surface area (TPSA) is 66.5 Å². The molecule has 1 aliphatic carbocycles. The number of aromatic nitrogens is 4. The fourth-order valence-corrected chi connectivity index (χ4v) is 1.27. The second kappa shape index (κ2) is 3.18. The van der Waals surface area contributed by atoms with E-state index in [1.165, 1.54) is 12.8 Å². The molecule has 1 saturated carbocycles. The summed E-state index contributed by atoms with van der Waals surface area (Å²) in [5.74, 6) is 1.61. The third-order valence-electron chi connectivity index (χ3n) is 2.30. The van der Waals surface area contributed by atoms with Crippen molar-refractivity contribution in [1.29, 1.82) is 0 Å². The molecule has 1 heterocycles. The van der Waals surface area contributed by atoms with Gasteiger partial charge < -0.3 is 5.32 Å². The molecule has 66 valence electrons. The zero-order valence-corrected chi connectivity index (χ0v) is 7.12. The molecule has 12 heavy (non-hydrogen) atoms. The highest BCUT2D eigenvalue weighted by molar-refractivity contribution is 4.85. The van der Waals surface area contributed by atoms with Crippen molar-refractivity contribution in [3.63, 3.8) is 0 Å². The maximum Gasteiger partial charge on any atom is 0.188 e. The van der Waals surface area contributed by atoms with Crippen LogP contribution in [0.1, 0.15) is 25.6 Å². The zero-order chi connectivity index (χ0) is 8.39. The van der Waals surface area contributed by atoms with Gasteiger partial charge in [-0.25, -0.2) is 0 Å². The van der Waals surface area contributed by atoms with Crippen molar-refractivity contribution in [3.8, 4) is 0 Å².